The van der Waals surface area contributed by atoms with Crippen LogP contribution in [0.3, 0.4) is 0 Å². The van der Waals surface area contributed by atoms with E-state index in [2.05, 4.69) is 0 Å². The fraction of sp³-hybridized carbons (Fsp3) is 0.462. The molecule has 0 saturated heterocycles. The topological polar surface area (TPSA) is 35.5 Å². The van der Waals surface area contributed by atoms with Crippen LogP contribution in [0, 0.1) is 5.92 Å². The van der Waals surface area contributed by atoms with Crippen LogP contribution >= 0.6 is 0 Å². The molecule has 1 aromatic rings. The molecule has 1 heterocycles. The zero-order chi connectivity index (χ0) is 11.4. The molecule has 1 atom stereocenters. The van der Waals surface area contributed by atoms with Crippen LogP contribution in [0.25, 0.3) is 0 Å². The number of benzene rings is 1. The molecule has 3 heteroatoms. The lowest BCUT2D eigenvalue weighted by molar-refractivity contribution is -0.150. The average molecular weight is 220 g/mol. The number of esters is 1. The SMILES string of the molecule is CCCOC(=O)C1COc2ccccc2C1. The van der Waals surface area contributed by atoms with E-state index in [0.29, 0.717) is 13.2 Å². The van der Waals surface area contributed by atoms with E-state index in [1.807, 2.05) is 31.2 Å². The third-order valence-electron chi connectivity index (χ3n) is 2.66. The summed E-state index contributed by atoms with van der Waals surface area (Å²) in [6.07, 6.45) is 1.58. The van der Waals surface area contributed by atoms with Gasteiger partial charge in [-0.3, -0.25) is 4.79 Å². The van der Waals surface area contributed by atoms with Gasteiger partial charge in [-0.05, 0) is 24.5 Å². The van der Waals surface area contributed by atoms with Gasteiger partial charge in [0.15, 0.2) is 0 Å². The van der Waals surface area contributed by atoms with Gasteiger partial charge in [-0.2, -0.15) is 0 Å². The highest BCUT2D eigenvalue weighted by atomic mass is 16.5. The van der Waals surface area contributed by atoms with E-state index >= 15 is 0 Å². The average Bonchev–Trinajstić information content (AvgIpc) is 2.35. The summed E-state index contributed by atoms with van der Waals surface area (Å²) in [6, 6.07) is 7.83. The number of hydrogen-bond donors (Lipinski definition) is 0. The molecule has 0 bridgehead atoms. The molecule has 0 aliphatic carbocycles. The molecule has 0 radical (unpaired) electrons. The van der Waals surface area contributed by atoms with Gasteiger partial charge in [-0.25, -0.2) is 0 Å². The van der Waals surface area contributed by atoms with Crippen molar-refractivity contribution >= 4 is 5.97 Å². The predicted octanol–water partition coefficient (Wildman–Crippen LogP) is 2.19. The van der Waals surface area contributed by atoms with Gasteiger partial charge >= 0.3 is 5.97 Å². The van der Waals surface area contributed by atoms with Crippen LogP contribution in [-0.2, 0) is 16.0 Å². The fourth-order valence-corrected chi connectivity index (χ4v) is 1.80. The van der Waals surface area contributed by atoms with Crippen LogP contribution < -0.4 is 4.74 Å². The first-order valence-electron chi connectivity index (χ1n) is 5.68. The van der Waals surface area contributed by atoms with E-state index in [1.165, 1.54) is 0 Å². The quantitative estimate of drug-likeness (QED) is 0.732. The highest BCUT2D eigenvalue weighted by Crippen LogP contribution is 2.27. The van der Waals surface area contributed by atoms with Crippen LogP contribution in [0.15, 0.2) is 24.3 Å². The fourth-order valence-electron chi connectivity index (χ4n) is 1.80. The molecule has 1 unspecified atom stereocenters. The van der Waals surface area contributed by atoms with Crippen LogP contribution in [0.1, 0.15) is 18.9 Å². The minimum Gasteiger partial charge on any atom is -0.492 e. The second-order valence-electron chi connectivity index (χ2n) is 3.99. The number of carbonyl (C=O) groups is 1. The first-order valence-corrected chi connectivity index (χ1v) is 5.68. The Morgan fingerprint density at radius 1 is 1.50 bits per heavy atom. The van der Waals surface area contributed by atoms with Crippen LogP contribution in [0.5, 0.6) is 5.75 Å². The highest BCUT2D eigenvalue weighted by molar-refractivity contribution is 5.73. The Morgan fingerprint density at radius 3 is 3.12 bits per heavy atom. The van der Waals surface area contributed by atoms with Gasteiger partial charge in [0.05, 0.1) is 12.5 Å². The van der Waals surface area contributed by atoms with Crippen molar-refractivity contribution in [3.63, 3.8) is 0 Å². The van der Waals surface area contributed by atoms with Crippen LogP contribution in [-0.4, -0.2) is 19.2 Å². The van der Waals surface area contributed by atoms with Crippen molar-refractivity contribution in [2.75, 3.05) is 13.2 Å². The lowest BCUT2D eigenvalue weighted by atomic mass is 9.97. The van der Waals surface area contributed by atoms with Gasteiger partial charge < -0.3 is 9.47 Å². The van der Waals surface area contributed by atoms with Gasteiger partial charge in [0.2, 0.25) is 0 Å². The normalized spacial score (nSPS) is 18.4. The summed E-state index contributed by atoms with van der Waals surface area (Å²) >= 11 is 0. The molecule has 1 aliphatic rings. The zero-order valence-electron chi connectivity index (χ0n) is 9.44. The first kappa shape index (κ1) is 11.0. The molecule has 0 saturated carbocycles. The number of ether oxygens (including phenoxy) is 2. The third kappa shape index (κ3) is 2.35. The second-order valence-corrected chi connectivity index (χ2v) is 3.99. The lowest BCUT2D eigenvalue weighted by Gasteiger charge is -2.23. The molecule has 0 aromatic heterocycles. The van der Waals surface area contributed by atoms with E-state index in [-0.39, 0.29) is 11.9 Å². The van der Waals surface area contributed by atoms with E-state index in [0.717, 1.165) is 24.2 Å². The zero-order valence-corrected chi connectivity index (χ0v) is 9.44. The van der Waals surface area contributed by atoms with E-state index < -0.39 is 0 Å². The van der Waals surface area contributed by atoms with Crippen LogP contribution in [0.4, 0.5) is 0 Å². The van der Waals surface area contributed by atoms with Gasteiger partial charge in [0, 0.05) is 0 Å². The van der Waals surface area contributed by atoms with Crippen molar-refractivity contribution in [2.45, 2.75) is 19.8 Å². The summed E-state index contributed by atoms with van der Waals surface area (Å²) in [5, 5.41) is 0. The Bertz CT molecular complexity index is 373. The Kier molecular flexibility index (Phi) is 3.44. The van der Waals surface area contributed by atoms with Crippen molar-refractivity contribution in [3.05, 3.63) is 29.8 Å². The van der Waals surface area contributed by atoms with Crippen molar-refractivity contribution in [1.29, 1.82) is 0 Å². The van der Waals surface area contributed by atoms with Gasteiger partial charge in [-0.15, -0.1) is 0 Å². The second kappa shape index (κ2) is 5.01. The first-order chi connectivity index (χ1) is 7.81. The molecule has 1 aromatic carbocycles. The largest absolute Gasteiger partial charge is 0.492 e. The number of rotatable bonds is 3. The molecule has 86 valence electrons. The van der Waals surface area contributed by atoms with Gasteiger partial charge in [0.25, 0.3) is 0 Å². The summed E-state index contributed by atoms with van der Waals surface area (Å²) in [6.45, 7) is 2.91. The Morgan fingerprint density at radius 2 is 2.31 bits per heavy atom. The van der Waals surface area contributed by atoms with E-state index in [1.54, 1.807) is 0 Å². The summed E-state index contributed by atoms with van der Waals surface area (Å²) < 4.78 is 10.7. The molecule has 16 heavy (non-hydrogen) atoms. The number of fused-ring (bicyclic) bond motifs is 1. The van der Waals surface area contributed by atoms with Gasteiger partial charge in [0.1, 0.15) is 12.4 Å². The van der Waals surface area contributed by atoms with Crippen molar-refractivity contribution in [1.82, 2.24) is 0 Å². The maximum atomic E-state index is 11.7. The monoisotopic (exact) mass is 220 g/mol. The smallest absolute Gasteiger partial charge is 0.312 e. The highest BCUT2D eigenvalue weighted by Gasteiger charge is 2.26. The molecular weight excluding hydrogens is 204 g/mol. The number of hydrogen-bond acceptors (Lipinski definition) is 3. The molecule has 0 N–H and O–H groups in total. The van der Waals surface area contributed by atoms with E-state index in [9.17, 15) is 4.79 Å². The Labute approximate surface area is 95.4 Å². The van der Waals surface area contributed by atoms with Gasteiger partial charge in [-0.1, -0.05) is 25.1 Å². The third-order valence-corrected chi connectivity index (χ3v) is 2.66. The lowest BCUT2D eigenvalue weighted by Crippen LogP contribution is -2.29. The summed E-state index contributed by atoms with van der Waals surface area (Å²) in [5.74, 6) is 0.597. The standard InChI is InChI=1S/C13H16O3/c1-2-7-15-13(14)11-8-10-5-3-4-6-12(10)16-9-11/h3-6,11H,2,7-9H2,1H3. The maximum Gasteiger partial charge on any atom is 0.312 e. The molecule has 0 amide bonds. The Hall–Kier alpha value is -1.51. The molecule has 1 aliphatic heterocycles. The molecule has 3 nitrogen and oxygen atoms in total. The number of carbonyl (C=O) groups excluding carboxylic acids is 1. The Balaban J connectivity index is 1.99. The minimum absolute atomic E-state index is 0.142. The molecule has 0 fully saturated rings. The minimum atomic E-state index is -0.151. The molecule has 0 spiro atoms. The van der Waals surface area contributed by atoms with Crippen molar-refractivity contribution in [2.24, 2.45) is 5.92 Å². The predicted molar refractivity (Wildman–Crippen MR) is 60.4 cm³/mol. The molecule has 2 rings (SSSR count). The summed E-state index contributed by atoms with van der Waals surface area (Å²) in [5.41, 5.74) is 1.09. The van der Waals surface area contributed by atoms with E-state index in [4.69, 9.17) is 9.47 Å². The van der Waals surface area contributed by atoms with Crippen LogP contribution in [0.2, 0.25) is 0 Å². The number of para-hydroxylation sites is 1. The molecular formula is C13H16O3. The van der Waals surface area contributed by atoms with Crippen molar-refractivity contribution in [3.8, 4) is 5.75 Å². The maximum absolute atomic E-state index is 11.7. The summed E-state index contributed by atoms with van der Waals surface area (Å²) in [4.78, 5) is 11.7. The van der Waals surface area contributed by atoms with Crippen molar-refractivity contribution < 1.29 is 14.3 Å². The summed E-state index contributed by atoms with van der Waals surface area (Å²) in [7, 11) is 0.